The zero-order valence-electron chi connectivity index (χ0n) is 11.9. The Kier molecular flexibility index (Phi) is 5.76. The van der Waals surface area contributed by atoms with Crippen molar-refractivity contribution in [2.45, 2.75) is 33.2 Å². The van der Waals surface area contributed by atoms with Gasteiger partial charge in [-0.25, -0.2) is 9.78 Å². The Balaban J connectivity index is 2.80. The maximum atomic E-state index is 11.4. The number of aliphatic hydroxyl groups excluding tert-OH is 1. The summed E-state index contributed by atoms with van der Waals surface area (Å²) < 4.78 is 4.67. The SMILES string of the molecule is COC(=O)c1ccc(NC(CO)CC(C)C)nc1C. The van der Waals surface area contributed by atoms with Gasteiger partial charge in [-0.1, -0.05) is 13.8 Å². The fraction of sp³-hybridized carbons (Fsp3) is 0.571. The molecular weight excluding hydrogens is 244 g/mol. The third-order valence-electron chi connectivity index (χ3n) is 2.82. The lowest BCUT2D eigenvalue weighted by molar-refractivity contribution is 0.0599. The van der Waals surface area contributed by atoms with Gasteiger partial charge in [-0.2, -0.15) is 0 Å². The van der Waals surface area contributed by atoms with E-state index in [1.807, 2.05) is 0 Å². The summed E-state index contributed by atoms with van der Waals surface area (Å²) in [4.78, 5) is 15.8. The van der Waals surface area contributed by atoms with Gasteiger partial charge in [0.1, 0.15) is 5.82 Å². The number of hydrogen-bond donors (Lipinski definition) is 2. The third kappa shape index (κ3) is 4.52. The summed E-state index contributed by atoms with van der Waals surface area (Å²) in [5, 5.41) is 12.5. The number of carbonyl (C=O) groups excluding carboxylic acids is 1. The average molecular weight is 266 g/mol. The van der Waals surface area contributed by atoms with Crippen molar-refractivity contribution in [2.24, 2.45) is 5.92 Å². The van der Waals surface area contributed by atoms with Crippen LogP contribution in [0.3, 0.4) is 0 Å². The van der Waals surface area contributed by atoms with E-state index in [2.05, 4.69) is 28.9 Å². The third-order valence-corrected chi connectivity index (χ3v) is 2.82. The molecule has 1 heterocycles. The summed E-state index contributed by atoms with van der Waals surface area (Å²) in [7, 11) is 1.35. The molecule has 1 aromatic heterocycles. The summed E-state index contributed by atoms with van der Waals surface area (Å²) >= 11 is 0. The second kappa shape index (κ2) is 7.09. The van der Waals surface area contributed by atoms with Crippen LogP contribution in [0.25, 0.3) is 0 Å². The molecule has 19 heavy (non-hydrogen) atoms. The molecule has 0 aliphatic carbocycles. The molecule has 5 heteroatoms. The standard InChI is InChI=1S/C14H22N2O3/c1-9(2)7-11(8-17)16-13-6-5-12(10(3)15-13)14(18)19-4/h5-6,9,11,17H,7-8H2,1-4H3,(H,15,16). The van der Waals surface area contributed by atoms with E-state index in [4.69, 9.17) is 0 Å². The van der Waals surface area contributed by atoms with Crippen molar-refractivity contribution in [3.8, 4) is 0 Å². The number of nitrogens with one attached hydrogen (secondary N) is 1. The summed E-state index contributed by atoms with van der Waals surface area (Å²) in [6.45, 7) is 6.01. The summed E-state index contributed by atoms with van der Waals surface area (Å²) in [5.74, 6) is 0.752. The van der Waals surface area contributed by atoms with Crippen LogP contribution < -0.4 is 5.32 Å². The number of nitrogens with zero attached hydrogens (tertiary/aromatic N) is 1. The van der Waals surface area contributed by atoms with Gasteiger partial charge >= 0.3 is 5.97 Å². The Morgan fingerprint density at radius 1 is 1.47 bits per heavy atom. The first-order valence-electron chi connectivity index (χ1n) is 6.41. The van der Waals surface area contributed by atoms with Crippen LogP contribution in [0.1, 0.15) is 36.3 Å². The molecule has 0 bridgehead atoms. The van der Waals surface area contributed by atoms with E-state index in [1.54, 1.807) is 19.1 Å². The van der Waals surface area contributed by atoms with E-state index >= 15 is 0 Å². The molecule has 0 amide bonds. The molecule has 0 saturated heterocycles. The van der Waals surface area contributed by atoms with Gasteiger partial charge in [-0.05, 0) is 31.4 Å². The molecule has 0 spiro atoms. The minimum Gasteiger partial charge on any atom is -0.465 e. The van der Waals surface area contributed by atoms with Crippen LogP contribution in [0.4, 0.5) is 5.82 Å². The number of rotatable bonds is 6. The second-order valence-electron chi connectivity index (χ2n) is 4.97. The van der Waals surface area contributed by atoms with Gasteiger partial charge in [-0.15, -0.1) is 0 Å². The van der Waals surface area contributed by atoms with Gasteiger partial charge in [0, 0.05) is 0 Å². The highest BCUT2D eigenvalue weighted by Crippen LogP contribution is 2.14. The Labute approximate surface area is 114 Å². The number of carbonyl (C=O) groups is 1. The van der Waals surface area contributed by atoms with Crippen molar-refractivity contribution in [3.05, 3.63) is 23.4 Å². The minimum atomic E-state index is -0.391. The molecule has 0 fully saturated rings. The number of hydrogen-bond acceptors (Lipinski definition) is 5. The van der Waals surface area contributed by atoms with Crippen molar-refractivity contribution in [3.63, 3.8) is 0 Å². The van der Waals surface area contributed by atoms with E-state index in [0.29, 0.717) is 23.0 Å². The summed E-state index contributed by atoms with van der Waals surface area (Å²) in [6.07, 6.45) is 0.857. The second-order valence-corrected chi connectivity index (χ2v) is 4.97. The average Bonchev–Trinajstić information content (AvgIpc) is 2.36. The van der Waals surface area contributed by atoms with Gasteiger partial charge < -0.3 is 15.2 Å². The summed E-state index contributed by atoms with van der Waals surface area (Å²) in [6, 6.07) is 3.37. The monoisotopic (exact) mass is 266 g/mol. The first-order chi connectivity index (χ1) is 8.97. The first kappa shape index (κ1) is 15.4. The lowest BCUT2D eigenvalue weighted by Gasteiger charge is -2.19. The van der Waals surface area contributed by atoms with Gasteiger partial charge in [0.05, 0.1) is 31.0 Å². The van der Waals surface area contributed by atoms with Crippen LogP contribution in [-0.4, -0.2) is 35.8 Å². The van der Waals surface area contributed by atoms with E-state index in [9.17, 15) is 9.90 Å². The Morgan fingerprint density at radius 3 is 2.63 bits per heavy atom. The van der Waals surface area contributed by atoms with Gasteiger partial charge in [0.15, 0.2) is 0 Å². The van der Waals surface area contributed by atoms with E-state index in [-0.39, 0.29) is 12.6 Å². The molecule has 0 aliphatic heterocycles. The number of aromatic nitrogens is 1. The number of anilines is 1. The quantitative estimate of drug-likeness (QED) is 0.770. The maximum absolute atomic E-state index is 11.4. The predicted molar refractivity (Wildman–Crippen MR) is 74.3 cm³/mol. The highest BCUT2D eigenvalue weighted by molar-refractivity contribution is 5.90. The number of esters is 1. The van der Waals surface area contributed by atoms with Crippen molar-refractivity contribution >= 4 is 11.8 Å². The molecule has 0 saturated carbocycles. The Morgan fingerprint density at radius 2 is 2.16 bits per heavy atom. The fourth-order valence-electron chi connectivity index (χ4n) is 1.92. The van der Waals surface area contributed by atoms with Crippen molar-refractivity contribution in [1.29, 1.82) is 0 Å². The predicted octanol–water partition coefficient (Wildman–Crippen LogP) is 2.00. The molecule has 0 radical (unpaired) electrons. The van der Waals surface area contributed by atoms with Crippen LogP contribution in [-0.2, 0) is 4.74 Å². The molecule has 0 aliphatic rings. The fourth-order valence-corrected chi connectivity index (χ4v) is 1.92. The number of ether oxygens (including phenoxy) is 1. The van der Waals surface area contributed by atoms with Crippen LogP contribution >= 0.6 is 0 Å². The Bertz CT molecular complexity index is 433. The lowest BCUT2D eigenvalue weighted by Crippen LogP contribution is -2.26. The molecule has 0 aromatic carbocycles. The van der Waals surface area contributed by atoms with Gasteiger partial charge in [0.25, 0.3) is 0 Å². The highest BCUT2D eigenvalue weighted by atomic mass is 16.5. The number of pyridine rings is 1. The molecule has 1 rings (SSSR count). The van der Waals surface area contributed by atoms with Crippen molar-refractivity contribution in [1.82, 2.24) is 4.98 Å². The number of methoxy groups -OCH3 is 1. The van der Waals surface area contributed by atoms with E-state index in [1.165, 1.54) is 7.11 Å². The maximum Gasteiger partial charge on any atom is 0.339 e. The van der Waals surface area contributed by atoms with Crippen LogP contribution in [0.15, 0.2) is 12.1 Å². The topological polar surface area (TPSA) is 71.5 Å². The van der Waals surface area contributed by atoms with E-state index in [0.717, 1.165) is 6.42 Å². The molecule has 5 nitrogen and oxygen atoms in total. The zero-order chi connectivity index (χ0) is 14.4. The van der Waals surface area contributed by atoms with Crippen molar-refractivity contribution < 1.29 is 14.6 Å². The molecule has 106 valence electrons. The molecular formula is C14H22N2O3. The number of aryl methyl sites for hydroxylation is 1. The van der Waals surface area contributed by atoms with Crippen LogP contribution in [0.2, 0.25) is 0 Å². The molecule has 1 aromatic rings. The zero-order valence-corrected chi connectivity index (χ0v) is 11.9. The Hall–Kier alpha value is -1.62. The molecule has 1 unspecified atom stereocenters. The minimum absolute atomic E-state index is 0.0316. The molecule has 1 atom stereocenters. The molecule has 2 N–H and O–H groups in total. The number of aliphatic hydroxyl groups is 1. The smallest absolute Gasteiger partial charge is 0.339 e. The largest absolute Gasteiger partial charge is 0.465 e. The van der Waals surface area contributed by atoms with Gasteiger partial charge in [0.2, 0.25) is 0 Å². The summed E-state index contributed by atoms with van der Waals surface area (Å²) in [5.41, 5.74) is 1.07. The normalized spacial score (nSPS) is 12.3. The first-order valence-corrected chi connectivity index (χ1v) is 6.41. The van der Waals surface area contributed by atoms with Crippen LogP contribution in [0, 0.1) is 12.8 Å². The lowest BCUT2D eigenvalue weighted by atomic mass is 10.0. The van der Waals surface area contributed by atoms with Crippen molar-refractivity contribution in [2.75, 3.05) is 19.0 Å². The van der Waals surface area contributed by atoms with Crippen LogP contribution in [0.5, 0.6) is 0 Å². The highest BCUT2D eigenvalue weighted by Gasteiger charge is 2.13. The van der Waals surface area contributed by atoms with Gasteiger partial charge in [-0.3, -0.25) is 0 Å². The van der Waals surface area contributed by atoms with E-state index < -0.39 is 5.97 Å².